The average molecular weight is 272 g/mol. The van der Waals surface area contributed by atoms with Crippen LogP contribution in [0.3, 0.4) is 0 Å². The maximum Gasteiger partial charge on any atom is 0.137 e. The van der Waals surface area contributed by atoms with Crippen LogP contribution in [-0.2, 0) is 4.74 Å². The molecule has 5 heteroatoms. The number of hydrogen-bond acceptors (Lipinski definition) is 4. The summed E-state index contributed by atoms with van der Waals surface area (Å²) in [7, 11) is 0. The number of ether oxygens (including phenoxy) is 2. The van der Waals surface area contributed by atoms with Crippen molar-refractivity contribution in [2.24, 2.45) is 0 Å². The second kappa shape index (κ2) is 6.95. The highest BCUT2D eigenvalue weighted by molar-refractivity contribution is 6.32. The van der Waals surface area contributed by atoms with Crippen molar-refractivity contribution < 1.29 is 14.6 Å². The maximum absolute atomic E-state index is 9.24. The van der Waals surface area contributed by atoms with E-state index in [0.29, 0.717) is 30.6 Å². The standard InChI is InChI=1S/C13H18ClNO3/c14-12-3-1-2-4-13(12)18-8-6-15-5-7-17-10-11(15)9-16/h1-4,11,16H,5-10H2. The van der Waals surface area contributed by atoms with E-state index in [0.717, 1.165) is 13.1 Å². The Labute approximate surface area is 112 Å². The molecule has 18 heavy (non-hydrogen) atoms. The highest BCUT2D eigenvalue weighted by Gasteiger charge is 2.21. The number of nitrogens with zero attached hydrogens (tertiary/aromatic N) is 1. The van der Waals surface area contributed by atoms with Crippen LogP contribution < -0.4 is 4.74 Å². The molecule has 0 saturated carbocycles. The fourth-order valence-corrected chi connectivity index (χ4v) is 2.18. The summed E-state index contributed by atoms with van der Waals surface area (Å²) in [4.78, 5) is 2.18. The highest BCUT2D eigenvalue weighted by Crippen LogP contribution is 2.23. The van der Waals surface area contributed by atoms with Gasteiger partial charge in [-0.3, -0.25) is 4.90 Å². The molecule has 1 heterocycles. The van der Waals surface area contributed by atoms with Crippen LogP contribution in [-0.4, -0.2) is 55.6 Å². The van der Waals surface area contributed by atoms with Crippen LogP contribution in [0.1, 0.15) is 0 Å². The second-order valence-electron chi connectivity index (χ2n) is 4.23. The van der Waals surface area contributed by atoms with E-state index in [2.05, 4.69) is 4.90 Å². The molecule has 1 fully saturated rings. The van der Waals surface area contributed by atoms with Gasteiger partial charge in [0.15, 0.2) is 0 Å². The molecule has 1 aromatic carbocycles. The lowest BCUT2D eigenvalue weighted by Gasteiger charge is -2.34. The molecule has 0 aliphatic carbocycles. The van der Waals surface area contributed by atoms with Gasteiger partial charge in [0.05, 0.1) is 30.9 Å². The van der Waals surface area contributed by atoms with Crippen molar-refractivity contribution in [2.45, 2.75) is 6.04 Å². The van der Waals surface area contributed by atoms with Gasteiger partial charge in [0.1, 0.15) is 12.4 Å². The van der Waals surface area contributed by atoms with Gasteiger partial charge in [-0.25, -0.2) is 0 Å². The van der Waals surface area contributed by atoms with Crippen LogP contribution in [0.15, 0.2) is 24.3 Å². The molecule has 0 spiro atoms. The van der Waals surface area contributed by atoms with E-state index >= 15 is 0 Å². The van der Waals surface area contributed by atoms with Crippen molar-refractivity contribution >= 4 is 11.6 Å². The number of aliphatic hydroxyl groups excluding tert-OH is 1. The summed E-state index contributed by atoms with van der Waals surface area (Å²) in [6.07, 6.45) is 0. The number of halogens is 1. The Kier molecular flexibility index (Phi) is 5.26. The lowest BCUT2D eigenvalue weighted by molar-refractivity contribution is -0.0312. The smallest absolute Gasteiger partial charge is 0.137 e. The van der Waals surface area contributed by atoms with Gasteiger partial charge >= 0.3 is 0 Å². The van der Waals surface area contributed by atoms with Gasteiger partial charge in [-0.1, -0.05) is 23.7 Å². The zero-order chi connectivity index (χ0) is 12.8. The summed E-state index contributed by atoms with van der Waals surface area (Å²) in [5.41, 5.74) is 0. The fourth-order valence-electron chi connectivity index (χ4n) is 1.99. The molecule has 0 radical (unpaired) electrons. The van der Waals surface area contributed by atoms with Crippen LogP contribution in [0.2, 0.25) is 5.02 Å². The molecular weight excluding hydrogens is 254 g/mol. The van der Waals surface area contributed by atoms with Crippen molar-refractivity contribution in [3.05, 3.63) is 29.3 Å². The first-order valence-corrected chi connectivity index (χ1v) is 6.49. The molecular formula is C13H18ClNO3. The van der Waals surface area contributed by atoms with E-state index in [4.69, 9.17) is 21.1 Å². The van der Waals surface area contributed by atoms with Crippen LogP contribution in [0.5, 0.6) is 5.75 Å². The molecule has 0 bridgehead atoms. The van der Waals surface area contributed by atoms with Crippen molar-refractivity contribution in [2.75, 3.05) is 39.5 Å². The van der Waals surface area contributed by atoms with Crippen LogP contribution in [0, 0.1) is 0 Å². The van der Waals surface area contributed by atoms with Crippen LogP contribution >= 0.6 is 11.6 Å². The van der Waals surface area contributed by atoms with E-state index < -0.39 is 0 Å². The maximum atomic E-state index is 9.24. The van der Waals surface area contributed by atoms with Gasteiger partial charge in [0.25, 0.3) is 0 Å². The first-order valence-electron chi connectivity index (χ1n) is 6.11. The Morgan fingerprint density at radius 3 is 3.06 bits per heavy atom. The highest BCUT2D eigenvalue weighted by atomic mass is 35.5. The molecule has 1 aromatic rings. The van der Waals surface area contributed by atoms with Gasteiger partial charge in [0, 0.05) is 13.1 Å². The van der Waals surface area contributed by atoms with Crippen molar-refractivity contribution in [3.63, 3.8) is 0 Å². The normalized spacial score (nSPS) is 20.9. The summed E-state index contributed by atoms with van der Waals surface area (Å²) >= 11 is 6.00. The third kappa shape index (κ3) is 3.59. The number of rotatable bonds is 5. The Morgan fingerprint density at radius 2 is 2.28 bits per heavy atom. The summed E-state index contributed by atoms with van der Waals surface area (Å²) in [5.74, 6) is 0.702. The first kappa shape index (κ1) is 13.6. The Morgan fingerprint density at radius 1 is 1.44 bits per heavy atom. The summed E-state index contributed by atoms with van der Waals surface area (Å²) in [5, 5.41) is 9.86. The van der Waals surface area contributed by atoms with Crippen molar-refractivity contribution in [1.82, 2.24) is 4.90 Å². The quantitative estimate of drug-likeness (QED) is 0.879. The van der Waals surface area contributed by atoms with Crippen LogP contribution in [0.4, 0.5) is 0 Å². The Bertz CT molecular complexity index is 375. The molecule has 2 rings (SSSR count). The van der Waals surface area contributed by atoms with Crippen molar-refractivity contribution in [3.8, 4) is 5.75 Å². The number of aliphatic hydroxyl groups is 1. The monoisotopic (exact) mass is 271 g/mol. The van der Waals surface area contributed by atoms with E-state index in [1.807, 2.05) is 24.3 Å². The molecule has 1 atom stereocenters. The van der Waals surface area contributed by atoms with Crippen molar-refractivity contribution in [1.29, 1.82) is 0 Å². The topological polar surface area (TPSA) is 41.9 Å². The number of para-hydroxylation sites is 1. The van der Waals surface area contributed by atoms with Gasteiger partial charge in [-0.2, -0.15) is 0 Å². The zero-order valence-electron chi connectivity index (χ0n) is 10.2. The largest absolute Gasteiger partial charge is 0.491 e. The molecule has 1 N–H and O–H groups in total. The predicted octanol–water partition coefficient (Wildman–Crippen LogP) is 1.41. The Balaban J connectivity index is 1.79. The SMILES string of the molecule is OCC1COCCN1CCOc1ccccc1Cl. The zero-order valence-corrected chi connectivity index (χ0v) is 11.0. The minimum Gasteiger partial charge on any atom is -0.491 e. The fraction of sp³-hybridized carbons (Fsp3) is 0.538. The van der Waals surface area contributed by atoms with E-state index in [-0.39, 0.29) is 12.6 Å². The minimum atomic E-state index is 0.0774. The Hall–Kier alpha value is -0.810. The lowest BCUT2D eigenvalue weighted by Crippen LogP contribution is -2.48. The first-order chi connectivity index (χ1) is 8.81. The lowest BCUT2D eigenvalue weighted by atomic mass is 10.2. The summed E-state index contributed by atoms with van der Waals surface area (Å²) < 4.78 is 11.0. The molecule has 1 aliphatic rings. The second-order valence-corrected chi connectivity index (χ2v) is 4.63. The van der Waals surface area contributed by atoms with E-state index in [1.54, 1.807) is 0 Å². The van der Waals surface area contributed by atoms with Crippen LogP contribution in [0.25, 0.3) is 0 Å². The predicted molar refractivity (Wildman–Crippen MR) is 70.2 cm³/mol. The van der Waals surface area contributed by atoms with E-state index in [1.165, 1.54) is 0 Å². The summed E-state index contributed by atoms with van der Waals surface area (Å²) in [6.45, 7) is 3.56. The number of hydrogen-bond donors (Lipinski definition) is 1. The summed E-state index contributed by atoms with van der Waals surface area (Å²) in [6, 6.07) is 7.51. The molecule has 1 saturated heterocycles. The molecule has 100 valence electrons. The molecule has 1 aliphatic heterocycles. The van der Waals surface area contributed by atoms with Gasteiger partial charge < -0.3 is 14.6 Å². The molecule has 1 unspecified atom stereocenters. The minimum absolute atomic E-state index is 0.0774. The number of benzene rings is 1. The molecule has 0 amide bonds. The van der Waals surface area contributed by atoms with Gasteiger partial charge in [-0.05, 0) is 12.1 Å². The third-order valence-corrected chi connectivity index (χ3v) is 3.35. The number of morpholine rings is 1. The third-order valence-electron chi connectivity index (χ3n) is 3.03. The average Bonchev–Trinajstić information content (AvgIpc) is 2.41. The van der Waals surface area contributed by atoms with E-state index in [9.17, 15) is 5.11 Å². The van der Waals surface area contributed by atoms with Gasteiger partial charge in [0.2, 0.25) is 0 Å². The van der Waals surface area contributed by atoms with Gasteiger partial charge in [-0.15, -0.1) is 0 Å². The molecule has 4 nitrogen and oxygen atoms in total. The molecule has 0 aromatic heterocycles.